The molecule has 0 aliphatic heterocycles. The molecular formula is C23H46O5. The fourth-order valence-corrected chi connectivity index (χ4v) is 2.81. The van der Waals surface area contributed by atoms with Crippen molar-refractivity contribution < 1.29 is 23.7 Å². The van der Waals surface area contributed by atoms with Crippen LogP contribution in [0.2, 0.25) is 0 Å². The van der Waals surface area contributed by atoms with Gasteiger partial charge < -0.3 is 18.9 Å². The van der Waals surface area contributed by atoms with Crippen molar-refractivity contribution >= 4 is 5.97 Å². The number of esters is 1. The summed E-state index contributed by atoms with van der Waals surface area (Å²) in [6.45, 7) is 8.79. The lowest BCUT2D eigenvalue weighted by Gasteiger charge is -2.07. The van der Waals surface area contributed by atoms with E-state index in [0.717, 1.165) is 25.9 Å². The third-order valence-electron chi connectivity index (χ3n) is 4.57. The number of rotatable bonds is 23. The molecule has 0 aliphatic rings. The first-order chi connectivity index (χ1) is 13.8. The van der Waals surface area contributed by atoms with Gasteiger partial charge in [-0.1, -0.05) is 71.6 Å². The van der Waals surface area contributed by atoms with Crippen molar-refractivity contribution in [2.24, 2.45) is 0 Å². The predicted octanol–water partition coefficient (Wildman–Crippen LogP) is 5.69. The van der Waals surface area contributed by atoms with Crippen LogP contribution in [0.25, 0.3) is 0 Å². The van der Waals surface area contributed by atoms with E-state index in [2.05, 4.69) is 13.8 Å². The maximum absolute atomic E-state index is 11.6. The number of hydrogen-bond acceptors (Lipinski definition) is 5. The number of hydrogen-bond donors (Lipinski definition) is 0. The summed E-state index contributed by atoms with van der Waals surface area (Å²) in [4.78, 5) is 11.6. The Bertz CT molecular complexity index is 309. The van der Waals surface area contributed by atoms with Gasteiger partial charge in [0.05, 0.1) is 33.0 Å². The molecule has 0 bridgehead atoms. The molecule has 0 heterocycles. The summed E-state index contributed by atoms with van der Waals surface area (Å²) in [5.41, 5.74) is 0. The van der Waals surface area contributed by atoms with Crippen LogP contribution in [0.15, 0.2) is 0 Å². The fraction of sp³-hybridized carbons (Fsp3) is 0.957. The molecular weight excluding hydrogens is 356 g/mol. The van der Waals surface area contributed by atoms with Gasteiger partial charge in [-0.2, -0.15) is 0 Å². The van der Waals surface area contributed by atoms with Gasteiger partial charge in [0.1, 0.15) is 0 Å². The van der Waals surface area contributed by atoms with Crippen molar-refractivity contribution in [3.05, 3.63) is 0 Å². The van der Waals surface area contributed by atoms with Crippen molar-refractivity contribution in [3.8, 4) is 0 Å². The topological polar surface area (TPSA) is 54.0 Å². The Morgan fingerprint density at radius 2 is 0.929 bits per heavy atom. The number of unbranched alkanes of at least 4 members (excludes halogenated alkanes) is 9. The first kappa shape index (κ1) is 27.4. The SMILES string of the molecule is CCCCCCCCOCCOCCOCCCC(=O)OCCCCCCC. The lowest BCUT2D eigenvalue weighted by Crippen LogP contribution is -2.11. The Morgan fingerprint density at radius 1 is 0.500 bits per heavy atom. The zero-order valence-corrected chi connectivity index (χ0v) is 18.7. The van der Waals surface area contributed by atoms with E-state index in [1.165, 1.54) is 51.4 Å². The smallest absolute Gasteiger partial charge is 0.305 e. The van der Waals surface area contributed by atoms with E-state index in [-0.39, 0.29) is 5.97 Å². The number of carbonyl (C=O) groups is 1. The highest BCUT2D eigenvalue weighted by molar-refractivity contribution is 5.69. The lowest BCUT2D eigenvalue weighted by atomic mass is 10.1. The second-order valence-corrected chi connectivity index (χ2v) is 7.34. The van der Waals surface area contributed by atoms with Gasteiger partial charge in [0.25, 0.3) is 0 Å². The molecule has 5 nitrogen and oxygen atoms in total. The van der Waals surface area contributed by atoms with E-state index >= 15 is 0 Å². The molecule has 168 valence electrons. The predicted molar refractivity (Wildman–Crippen MR) is 115 cm³/mol. The molecule has 0 aromatic rings. The normalized spacial score (nSPS) is 11.1. The molecule has 0 rings (SSSR count). The molecule has 5 heteroatoms. The van der Waals surface area contributed by atoms with E-state index in [9.17, 15) is 4.79 Å². The highest BCUT2D eigenvalue weighted by Gasteiger charge is 2.02. The number of carbonyl (C=O) groups excluding carboxylic acids is 1. The van der Waals surface area contributed by atoms with Crippen LogP contribution in [0.5, 0.6) is 0 Å². The first-order valence-electron chi connectivity index (χ1n) is 11.7. The second-order valence-electron chi connectivity index (χ2n) is 7.34. The molecule has 0 radical (unpaired) electrons. The molecule has 0 N–H and O–H groups in total. The standard InChI is InChI=1S/C23H46O5/c1-3-5-7-9-11-12-16-25-19-21-27-22-20-26-17-14-15-23(24)28-18-13-10-8-6-4-2/h3-22H2,1-2H3. The second kappa shape index (κ2) is 24.4. The zero-order chi connectivity index (χ0) is 20.5. The Morgan fingerprint density at radius 3 is 1.50 bits per heavy atom. The van der Waals surface area contributed by atoms with Crippen molar-refractivity contribution in [1.29, 1.82) is 0 Å². The van der Waals surface area contributed by atoms with Gasteiger partial charge in [-0.3, -0.25) is 4.79 Å². The van der Waals surface area contributed by atoms with E-state index < -0.39 is 0 Å². The Hall–Kier alpha value is -0.650. The average Bonchev–Trinajstić information content (AvgIpc) is 2.70. The van der Waals surface area contributed by atoms with E-state index in [1.807, 2.05) is 0 Å². The van der Waals surface area contributed by atoms with Crippen molar-refractivity contribution in [1.82, 2.24) is 0 Å². The Kier molecular flexibility index (Phi) is 23.8. The molecule has 0 amide bonds. The first-order valence-corrected chi connectivity index (χ1v) is 11.7. The molecule has 0 atom stereocenters. The van der Waals surface area contributed by atoms with Gasteiger partial charge >= 0.3 is 5.97 Å². The average molecular weight is 403 g/mol. The minimum absolute atomic E-state index is 0.113. The summed E-state index contributed by atoms with van der Waals surface area (Å²) in [7, 11) is 0. The van der Waals surface area contributed by atoms with Crippen LogP contribution >= 0.6 is 0 Å². The van der Waals surface area contributed by atoms with E-state index in [1.54, 1.807) is 0 Å². The van der Waals surface area contributed by atoms with Crippen LogP contribution in [0.4, 0.5) is 0 Å². The van der Waals surface area contributed by atoms with Gasteiger partial charge in [-0.15, -0.1) is 0 Å². The van der Waals surface area contributed by atoms with Crippen LogP contribution in [0.3, 0.4) is 0 Å². The van der Waals surface area contributed by atoms with E-state index in [4.69, 9.17) is 18.9 Å². The summed E-state index contributed by atoms with van der Waals surface area (Å²) >= 11 is 0. The molecule has 0 aromatic heterocycles. The molecule has 0 saturated heterocycles. The van der Waals surface area contributed by atoms with Gasteiger partial charge in [-0.05, 0) is 19.3 Å². The molecule has 0 aliphatic carbocycles. The minimum atomic E-state index is -0.113. The minimum Gasteiger partial charge on any atom is -0.466 e. The Balaban J connectivity index is 3.10. The molecule has 0 saturated carbocycles. The van der Waals surface area contributed by atoms with Crippen molar-refractivity contribution in [2.75, 3.05) is 46.2 Å². The summed E-state index contributed by atoms with van der Waals surface area (Å²) in [6, 6.07) is 0. The van der Waals surface area contributed by atoms with Crippen LogP contribution in [0, 0.1) is 0 Å². The maximum Gasteiger partial charge on any atom is 0.305 e. The van der Waals surface area contributed by atoms with Gasteiger partial charge in [-0.25, -0.2) is 0 Å². The molecule has 0 aromatic carbocycles. The third kappa shape index (κ3) is 23.4. The Labute approximate surface area is 173 Å². The van der Waals surface area contributed by atoms with Crippen molar-refractivity contribution in [3.63, 3.8) is 0 Å². The molecule has 0 fully saturated rings. The molecule has 0 spiro atoms. The van der Waals surface area contributed by atoms with Gasteiger partial charge in [0, 0.05) is 19.6 Å². The van der Waals surface area contributed by atoms with Crippen LogP contribution in [0.1, 0.15) is 97.3 Å². The van der Waals surface area contributed by atoms with Crippen molar-refractivity contribution in [2.45, 2.75) is 97.3 Å². The molecule has 0 unspecified atom stereocenters. The lowest BCUT2D eigenvalue weighted by molar-refractivity contribution is -0.144. The number of ether oxygens (including phenoxy) is 4. The van der Waals surface area contributed by atoms with Gasteiger partial charge in [0.2, 0.25) is 0 Å². The summed E-state index contributed by atoms with van der Waals surface area (Å²) in [5, 5.41) is 0. The highest BCUT2D eigenvalue weighted by Crippen LogP contribution is 2.05. The summed E-state index contributed by atoms with van der Waals surface area (Å²) in [6.07, 6.45) is 14.7. The maximum atomic E-state index is 11.6. The largest absolute Gasteiger partial charge is 0.466 e. The van der Waals surface area contributed by atoms with Gasteiger partial charge in [0.15, 0.2) is 0 Å². The fourth-order valence-electron chi connectivity index (χ4n) is 2.81. The summed E-state index contributed by atoms with van der Waals surface area (Å²) in [5.74, 6) is -0.113. The third-order valence-corrected chi connectivity index (χ3v) is 4.57. The van der Waals surface area contributed by atoms with Crippen LogP contribution < -0.4 is 0 Å². The monoisotopic (exact) mass is 402 g/mol. The summed E-state index contributed by atoms with van der Waals surface area (Å²) < 4.78 is 21.7. The molecule has 28 heavy (non-hydrogen) atoms. The zero-order valence-electron chi connectivity index (χ0n) is 18.7. The quantitative estimate of drug-likeness (QED) is 0.162. The van der Waals surface area contributed by atoms with E-state index in [0.29, 0.717) is 52.5 Å². The van der Waals surface area contributed by atoms with Crippen LogP contribution in [-0.2, 0) is 23.7 Å². The highest BCUT2D eigenvalue weighted by atomic mass is 16.5. The van der Waals surface area contributed by atoms with Crippen LogP contribution in [-0.4, -0.2) is 52.2 Å².